The summed E-state index contributed by atoms with van der Waals surface area (Å²) < 4.78 is 0. The van der Waals surface area contributed by atoms with Gasteiger partial charge in [-0.15, -0.1) is 0 Å². The van der Waals surface area contributed by atoms with Crippen LogP contribution in [0.5, 0.6) is 0 Å². The summed E-state index contributed by atoms with van der Waals surface area (Å²) in [5, 5.41) is 6.79. The Morgan fingerprint density at radius 3 is 2.50 bits per heavy atom. The Bertz CT molecular complexity index is 877. The van der Waals surface area contributed by atoms with Crippen LogP contribution in [0.15, 0.2) is 36.4 Å². The van der Waals surface area contributed by atoms with Crippen LogP contribution in [0.1, 0.15) is 58.4 Å². The number of hydrogen-bond acceptors (Lipinski definition) is 2. The van der Waals surface area contributed by atoms with Crippen molar-refractivity contribution < 1.29 is 9.59 Å². The maximum Gasteiger partial charge on any atom is 0.256 e. The lowest BCUT2D eigenvalue weighted by Gasteiger charge is -2.22. The molecule has 2 N–H and O–H groups in total. The van der Waals surface area contributed by atoms with Gasteiger partial charge in [0.1, 0.15) is 0 Å². The molecule has 0 heterocycles. The molecule has 0 spiro atoms. The van der Waals surface area contributed by atoms with Gasteiger partial charge in [0.05, 0.1) is 11.3 Å². The van der Waals surface area contributed by atoms with Gasteiger partial charge in [0.15, 0.2) is 0 Å². The van der Waals surface area contributed by atoms with Crippen molar-refractivity contribution in [3.63, 3.8) is 0 Å². The van der Waals surface area contributed by atoms with E-state index in [0.717, 1.165) is 12.8 Å². The lowest BCUT2D eigenvalue weighted by atomic mass is 9.89. The molecule has 0 aromatic heterocycles. The molecule has 148 valence electrons. The Labute approximate surface area is 175 Å². The number of hydrogen-bond donors (Lipinski definition) is 2. The first-order chi connectivity index (χ1) is 13.5. The summed E-state index contributed by atoms with van der Waals surface area (Å²) in [6.45, 7) is 2.43. The lowest BCUT2D eigenvalue weighted by molar-refractivity contribution is 0.0944. The molecule has 1 saturated carbocycles. The second-order valence-corrected chi connectivity index (χ2v) is 8.11. The monoisotopic (exact) mass is 418 g/mol. The Balaban J connectivity index is 1.75. The van der Waals surface area contributed by atoms with Crippen LogP contribution in [-0.4, -0.2) is 18.4 Å². The Hall–Kier alpha value is -2.04. The molecule has 4 nitrogen and oxygen atoms in total. The molecule has 0 bridgehead atoms. The zero-order valence-electron chi connectivity index (χ0n) is 15.9. The number of rotatable bonds is 5. The highest BCUT2D eigenvalue weighted by Gasteiger charge is 2.19. The maximum absolute atomic E-state index is 12.8. The van der Waals surface area contributed by atoms with Gasteiger partial charge >= 0.3 is 0 Å². The minimum atomic E-state index is -0.316. The number of benzene rings is 2. The van der Waals surface area contributed by atoms with Crippen LogP contribution in [0.25, 0.3) is 0 Å². The van der Waals surface area contributed by atoms with Gasteiger partial charge in [-0.3, -0.25) is 9.59 Å². The van der Waals surface area contributed by atoms with Crippen LogP contribution in [0.4, 0.5) is 5.69 Å². The van der Waals surface area contributed by atoms with Gasteiger partial charge in [0.25, 0.3) is 11.8 Å². The van der Waals surface area contributed by atoms with E-state index in [1.165, 1.54) is 19.3 Å². The molecule has 1 aliphatic carbocycles. The van der Waals surface area contributed by atoms with Crippen molar-refractivity contribution >= 4 is 40.7 Å². The maximum atomic E-state index is 12.8. The van der Waals surface area contributed by atoms with Crippen molar-refractivity contribution in [2.24, 2.45) is 5.92 Å². The molecule has 3 rings (SSSR count). The number of carbonyl (C=O) groups excluding carboxylic acids is 2. The number of halogens is 2. The quantitative estimate of drug-likeness (QED) is 0.637. The summed E-state index contributed by atoms with van der Waals surface area (Å²) in [5.41, 5.74) is 1.95. The van der Waals surface area contributed by atoms with E-state index in [1.54, 1.807) is 43.3 Å². The summed E-state index contributed by atoms with van der Waals surface area (Å²) in [7, 11) is 0. The Morgan fingerprint density at radius 1 is 1.00 bits per heavy atom. The van der Waals surface area contributed by atoms with E-state index >= 15 is 0 Å². The first kappa shape index (κ1) is 20.7. The molecule has 2 amide bonds. The average Bonchev–Trinajstić information content (AvgIpc) is 2.70. The third kappa shape index (κ3) is 5.06. The van der Waals surface area contributed by atoms with Crippen LogP contribution in [0.3, 0.4) is 0 Å². The predicted octanol–water partition coefficient (Wildman–Crippen LogP) is 5.86. The summed E-state index contributed by atoms with van der Waals surface area (Å²) in [4.78, 5) is 25.5. The smallest absolute Gasteiger partial charge is 0.256 e. The van der Waals surface area contributed by atoms with Crippen molar-refractivity contribution in [2.45, 2.75) is 39.0 Å². The molecule has 0 atom stereocenters. The second kappa shape index (κ2) is 9.44. The first-order valence-corrected chi connectivity index (χ1v) is 10.4. The fourth-order valence-electron chi connectivity index (χ4n) is 3.58. The van der Waals surface area contributed by atoms with E-state index in [9.17, 15) is 9.59 Å². The van der Waals surface area contributed by atoms with Gasteiger partial charge < -0.3 is 10.6 Å². The van der Waals surface area contributed by atoms with E-state index in [1.807, 2.05) is 0 Å². The summed E-state index contributed by atoms with van der Waals surface area (Å²) >= 11 is 12.2. The van der Waals surface area contributed by atoms with Crippen LogP contribution in [0, 0.1) is 12.8 Å². The van der Waals surface area contributed by atoms with Crippen molar-refractivity contribution in [2.75, 3.05) is 11.9 Å². The molecule has 0 unspecified atom stereocenters. The summed E-state index contributed by atoms with van der Waals surface area (Å²) in [5.74, 6) is -0.0288. The Morgan fingerprint density at radius 2 is 1.75 bits per heavy atom. The molecule has 2 aromatic rings. The zero-order valence-corrected chi connectivity index (χ0v) is 17.4. The van der Waals surface area contributed by atoms with Gasteiger partial charge in [-0.2, -0.15) is 0 Å². The molecule has 2 aromatic carbocycles. The Kier molecular flexibility index (Phi) is 6.97. The highest BCUT2D eigenvalue weighted by Crippen LogP contribution is 2.25. The van der Waals surface area contributed by atoms with Crippen molar-refractivity contribution in [3.05, 3.63) is 63.1 Å². The second-order valence-electron chi connectivity index (χ2n) is 7.27. The van der Waals surface area contributed by atoms with Crippen LogP contribution < -0.4 is 10.6 Å². The van der Waals surface area contributed by atoms with Gasteiger partial charge in [-0.25, -0.2) is 0 Å². The van der Waals surface area contributed by atoms with Crippen molar-refractivity contribution in [3.8, 4) is 0 Å². The molecule has 1 fully saturated rings. The summed E-state index contributed by atoms with van der Waals surface area (Å²) in [6.07, 6.45) is 6.01. The van der Waals surface area contributed by atoms with Crippen LogP contribution in [0.2, 0.25) is 10.0 Å². The molecular weight excluding hydrogens is 395 g/mol. The highest BCUT2D eigenvalue weighted by molar-refractivity contribution is 6.32. The third-order valence-corrected chi connectivity index (χ3v) is 5.91. The van der Waals surface area contributed by atoms with E-state index in [2.05, 4.69) is 10.6 Å². The average molecular weight is 419 g/mol. The van der Waals surface area contributed by atoms with Gasteiger partial charge in [-0.05, 0) is 61.6 Å². The molecule has 6 heteroatoms. The SMILES string of the molecule is Cc1c(Cl)cccc1C(=O)Nc1ccc(Cl)cc1C(=O)NCC1CCCCC1. The standard InChI is InChI=1S/C22H24Cl2N2O2/c1-14-17(8-5-9-19(14)24)22(28)26-20-11-10-16(23)12-18(20)21(27)25-13-15-6-3-2-4-7-15/h5,8-12,15H,2-4,6-7,13H2,1H3,(H,25,27)(H,26,28). The van der Waals surface area contributed by atoms with Gasteiger partial charge in [-0.1, -0.05) is 48.5 Å². The van der Waals surface area contributed by atoms with Crippen LogP contribution >= 0.6 is 23.2 Å². The fraction of sp³-hybridized carbons (Fsp3) is 0.364. The topological polar surface area (TPSA) is 58.2 Å². The molecule has 0 radical (unpaired) electrons. The van der Waals surface area contributed by atoms with Crippen molar-refractivity contribution in [1.82, 2.24) is 5.32 Å². The minimum Gasteiger partial charge on any atom is -0.352 e. The summed E-state index contributed by atoms with van der Waals surface area (Å²) in [6, 6.07) is 10.0. The molecular formula is C22H24Cl2N2O2. The molecule has 28 heavy (non-hydrogen) atoms. The first-order valence-electron chi connectivity index (χ1n) is 9.60. The fourth-order valence-corrected chi connectivity index (χ4v) is 3.93. The third-order valence-electron chi connectivity index (χ3n) is 5.26. The normalized spacial score (nSPS) is 14.5. The highest BCUT2D eigenvalue weighted by atomic mass is 35.5. The van der Waals surface area contributed by atoms with Crippen LogP contribution in [-0.2, 0) is 0 Å². The van der Waals surface area contributed by atoms with E-state index in [0.29, 0.717) is 44.9 Å². The number of anilines is 1. The van der Waals surface area contributed by atoms with E-state index in [-0.39, 0.29) is 11.8 Å². The van der Waals surface area contributed by atoms with E-state index in [4.69, 9.17) is 23.2 Å². The molecule has 1 aliphatic rings. The lowest BCUT2D eigenvalue weighted by Crippen LogP contribution is -2.31. The van der Waals surface area contributed by atoms with Gasteiger partial charge in [0.2, 0.25) is 0 Å². The largest absolute Gasteiger partial charge is 0.352 e. The number of carbonyl (C=O) groups is 2. The number of nitrogens with one attached hydrogen (secondary N) is 2. The van der Waals surface area contributed by atoms with Gasteiger partial charge in [0, 0.05) is 22.2 Å². The van der Waals surface area contributed by atoms with Crippen molar-refractivity contribution in [1.29, 1.82) is 0 Å². The number of amides is 2. The van der Waals surface area contributed by atoms with E-state index < -0.39 is 0 Å². The molecule has 0 saturated heterocycles. The minimum absolute atomic E-state index is 0.230. The predicted molar refractivity (Wildman–Crippen MR) is 115 cm³/mol. The zero-order chi connectivity index (χ0) is 20.1. The molecule has 0 aliphatic heterocycles.